The molecule has 0 amide bonds. The Bertz CT molecular complexity index is 908. The first-order valence-electron chi connectivity index (χ1n) is 8.09. The third kappa shape index (κ3) is 5.38. The Balaban J connectivity index is 1.53. The summed E-state index contributed by atoms with van der Waals surface area (Å²) in [6.07, 6.45) is 12.4. The van der Waals surface area contributed by atoms with E-state index in [1.54, 1.807) is 12.4 Å². The Kier molecular flexibility index (Phi) is 6.22. The topological polar surface area (TPSA) is 67.5 Å². The molecule has 0 radical (unpaired) electrons. The highest BCUT2D eigenvalue weighted by atomic mass is 15.5. The molecule has 3 aromatic rings. The summed E-state index contributed by atoms with van der Waals surface area (Å²) in [5, 5.41) is 16.1. The van der Waals surface area contributed by atoms with Crippen molar-refractivity contribution in [2.75, 3.05) is 5.43 Å². The molecule has 3 rings (SSSR count). The first-order chi connectivity index (χ1) is 12.9. The zero-order valence-corrected chi connectivity index (χ0v) is 14.1. The van der Waals surface area contributed by atoms with Crippen LogP contribution in [0.5, 0.6) is 0 Å². The van der Waals surface area contributed by atoms with Crippen LogP contribution in [0.15, 0.2) is 89.3 Å². The number of rotatable bonds is 7. The summed E-state index contributed by atoms with van der Waals surface area (Å²) in [5.74, 6) is 0.429. The van der Waals surface area contributed by atoms with E-state index >= 15 is 0 Å². The molecule has 128 valence electrons. The van der Waals surface area contributed by atoms with Gasteiger partial charge in [-0.3, -0.25) is 0 Å². The molecule has 0 aliphatic heterocycles. The minimum atomic E-state index is 0.429. The second kappa shape index (κ2) is 9.48. The maximum absolute atomic E-state index is 4.25. The van der Waals surface area contributed by atoms with Crippen LogP contribution < -0.4 is 5.43 Å². The van der Waals surface area contributed by atoms with Crippen molar-refractivity contribution in [2.45, 2.75) is 0 Å². The predicted octanol–water partition coefficient (Wildman–Crippen LogP) is 3.94. The van der Waals surface area contributed by atoms with Gasteiger partial charge in [-0.05, 0) is 23.3 Å². The number of hydrogen-bond acceptors (Lipinski definition) is 5. The van der Waals surface area contributed by atoms with Crippen LogP contribution in [-0.4, -0.2) is 27.3 Å². The van der Waals surface area contributed by atoms with Crippen molar-refractivity contribution in [1.82, 2.24) is 14.9 Å². The zero-order chi connectivity index (χ0) is 17.9. The summed E-state index contributed by atoms with van der Waals surface area (Å²) in [4.78, 5) is 0. The number of hydrazone groups is 1. The Morgan fingerprint density at radius 2 is 1.42 bits per heavy atom. The van der Waals surface area contributed by atoms with Gasteiger partial charge < -0.3 is 0 Å². The third-order valence-corrected chi connectivity index (χ3v) is 3.31. The summed E-state index contributed by atoms with van der Waals surface area (Å²) in [5.41, 5.74) is 5.02. The summed E-state index contributed by atoms with van der Waals surface area (Å²) in [7, 11) is 0. The maximum Gasteiger partial charge on any atom is 0.265 e. The standard InChI is InChI=1S/C20H18N6/c1-3-9-18(10-4-1)13-7-15-21-24-20-25-22-17-26(20)23-16-8-14-19-11-5-2-6-12-19/h1-17H,(H,24,25)/b13-7+,14-8?,21-15?,23-16?. The van der Waals surface area contributed by atoms with Crippen LogP contribution >= 0.6 is 0 Å². The van der Waals surface area contributed by atoms with E-state index in [0.717, 1.165) is 11.1 Å². The highest BCUT2D eigenvalue weighted by molar-refractivity contribution is 5.79. The zero-order valence-electron chi connectivity index (χ0n) is 14.1. The number of nitrogens with one attached hydrogen (secondary N) is 1. The van der Waals surface area contributed by atoms with Gasteiger partial charge in [0.05, 0.1) is 0 Å². The monoisotopic (exact) mass is 342 g/mol. The van der Waals surface area contributed by atoms with Gasteiger partial charge in [0.1, 0.15) is 6.33 Å². The maximum atomic E-state index is 4.25. The first kappa shape index (κ1) is 17.0. The number of allylic oxidation sites excluding steroid dienone is 2. The van der Waals surface area contributed by atoms with Crippen LogP contribution in [0.25, 0.3) is 12.2 Å². The molecule has 1 aromatic heterocycles. The van der Waals surface area contributed by atoms with Crippen molar-refractivity contribution in [3.05, 3.63) is 90.3 Å². The lowest BCUT2D eigenvalue weighted by molar-refractivity contribution is 0.880. The van der Waals surface area contributed by atoms with Crippen LogP contribution in [0.4, 0.5) is 5.95 Å². The molecular weight excluding hydrogens is 324 g/mol. The summed E-state index contributed by atoms with van der Waals surface area (Å²) >= 11 is 0. The van der Waals surface area contributed by atoms with Crippen molar-refractivity contribution in [1.29, 1.82) is 0 Å². The molecule has 0 aliphatic rings. The van der Waals surface area contributed by atoms with Crippen LogP contribution in [0, 0.1) is 0 Å². The summed E-state index contributed by atoms with van der Waals surface area (Å²) < 4.78 is 1.51. The molecule has 0 saturated heterocycles. The number of nitrogens with zero attached hydrogens (tertiary/aromatic N) is 5. The second-order valence-electron chi connectivity index (χ2n) is 5.19. The molecule has 26 heavy (non-hydrogen) atoms. The Labute approximate surface area is 151 Å². The van der Waals surface area contributed by atoms with Gasteiger partial charge in [-0.15, -0.1) is 10.2 Å². The van der Waals surface area contributed by atoms with Gasteiger partial charge >= 0.3 is 0 Å². The molecule has 2 aromatic carbocycles. The van der Waals surface area contributed by atoms with Gasteiger partial charge in [-0.1, -0.05) is 72.8 Å². The minimum Gasteiger partial charge on any atom is -0.244 e. The van der Waals surface area contributed by atoms with Crippen LogP contribution in [-0.2, 0) is 0 Å². The molecule has 1 N–H and O–H groups in total. The van der Waals surface area contributed by atoms with Crippen molar-refractivity contribution >= 4 is 30.5 Å². The SMILES string of the molecule is C(=Cc1ccccc1)C=Nn1cnnc1NN=C/C=C/c1ccccc1. The number of hydrogen-bond donors (Lipinski definition) is 1. The number of aromatic nitrogens is 3. The number of anilines is 1. The first-order valence-corrected chi connectivity index (χ1v) is 8.09. The molecule has 0 unspecified atom stereocenters. The summed E-state index contributed by atoms with van der Waals surface area (Å²) in [6, 6.07) is 20.0. The molecule has 6 heteroatoms. The van der Waals surface area contributed by atoms with Gasteiger partial charge in [-0.2, -0.15) is 14.9 Å². The Morgan fingerprint density at radius 3 is 2.08 bits per heavy atom. The lowest BCUT2D eigenvalue weighted by Gasteiger charge is -1.97. The van der Waals surface area contributed by atoms with Gasteiger partial charge in [0.25, 0.3) is 5.95 Å². The Morgan fingerprint density at radius 1 is 0.808 bits per heavy atom. The molecule has 0 bridgehead atoms. The van der Waals surface area contributed by atoms with Crippen LogP contribution in [0.2, 0.25) is 0 Å². The fraction of sp³-hybridized carbons (Fsp3) is 0. The molecule has 0 saturated carbocycles. The normalized spacial score (nSPS) is 12.0. The van der Waals surface area contributed by atoms with E-state index in [1.807, 2.05) is 85.0 Å². The highest BCUT2D eigenvalue weighted by Gasteiger charge is 1.98. The Hall–Kier alpha value is -3.80. The highest BCUT2D eigenvalue weighted by Crippen LogP contribution is 2.03. The predicted molar refractivity (Wildman–Crippen MR) is 107 cm³/mol. The van der Waals surface area contributed by atoms with E-state index in [2.05, 4.69) is 25.8 Å². The van der Waals surface area contributed by atoms with E-state index in [-0.39, 0.29) is 0 Å². The van der Waals surface area contributed by atoms with Crippen molar-refractivity contribution < 1.29 is 0 Å². The van der Waals surface area contributed by atoms with E-state index in [9.17, 15) is 0 Å². The second-order valence-corrected chi connectivity index (χ2v) is 5.19. The molecule has 0 aliphatic carbocycles. The van der Waals surface area contributed by atoms with Crippen molar-refractivity contribution in [2.24, 2.45) is 10.2 Å². The fourth-order valence-corrected chi connectivity index (χ4v) is 2.07. The van der Waals surface area contributed by atoms with E-state index in [4.69, 9.17) is 0 Å². The van der Waals surface area contributed by atoms with Crippen LogP contribution in [0.1, 0.15) is 11.1 Å². The molecule has 6 nitrogen and oxygen atoms in total. The molecule has 0 atom stereocenters. The van der Waals surface area contributed by atoms with Crippen LogP contribution in [0.3, 0.4) is 0 Å². The fourth-order valence-electron chi connectivity index (χ4n) is 2.07. The van der Waals surface area contributed by atoms with Crippen molar-refractivity contribution in [3.8, 4) is 0 Å². The van der Waals surface area contributed by atoms with E-state index < -0.39 is 0 Å². The third-order valence-electron chi connectivity index (χ3n) is 3.31. The van der Waals surface area contributed by atoms with Gasteiger partial charge in [0, 0.05) is 12.4 Å². The van der Waals surface area contributed by atoms with Gasteiger partial charge in [0.2, 0.25) is 0 Å². The van der Waals surface area contributed by atoms with E-state index in [1.165, 1.54) is 11.0 Å². The van der Waals surface area contributed by atoms with Gasteiger partial charge in [0.15, 0.2) is 0 Å². The lowest BCUT2D eigenvalue weighted by atomic mass is 10.2. The lowest BCUT2D eigenvalue weighted by Crippen LogP contribution is -1.97. The van der Waals surface area contributed by atoms with Crippen molar-refractivity contribution in [3.63, 3.8) is 0 Å². The molecule has 0 fully saturated rings. The largest absolute Gasteiger partial charge is 0.265 e. The summed E-state index contributed by atoms with van der Waals surface area (Å²) in [6.45, 7) is 0. The molecule has 1 heterocycles. The quantitative estimate of drug-likeness (QED) is 0.522. The molecule has 0 spiro atoms. The van der Waals surface area contributed by atoms with Gasteiger partial charge in [-0.25, -0.2) is 5.43 Å². The minimum absolute atomic E-state index is 0.429. The molecular formula is C20H18N6. The smallest absolute Gasteiger partial charge is 0.244 e. The number of benzene rings is 2. The average Bonchev–Trinajstić information content (AvgIpc) is 3.14. The van der Waals surface area contributed by atoms with E-state index in [0.29, 0.717) is 5.95 Å². The average molecular weight is 342 g/mol.